The number of hydrazine groups is 1. The summed E-state index contributed by atoms with van der Waals surface area (Å²) in [5, 5.41) is 15.8. The summed E-state index contributed by atoms with van der Waals surface area (Å²) in [5.74, 6) is 4.33. The van der Waals surface area contributed by atoms with E-state index >= 15 is 0 Å². The molecule has 0 saturated heterocycles. The molecule has 0 heterocycles. The molecule has 0 atom stereocenters. The molecular weight excluding hydrogens is 278 g/mol. The maximum Gasteiger partial charge on any atom is 0.293 e. The highest BCUT2D eigenvalue weighted by molar-refractivity contribution is 5.97. The summed E-state index contributed by atoms with van der Waals surface area (Å²) < 4.78 is 0. The predicted octanol–water partition coefficient (Wildman–Crippen LogP) is 0.135. The van der Waals surface area contributed by atoms with Gasteiger partial charge in [-0.15, -0.1) is 0 Å². The summed E-state index contributed by atoms with van der Waals surface area (Å²) in [4.78, 5) is 33.4. The molecule has 5 N–H and O–H groups in total. The third kappa shape index (κ3) is 4.73. The number of hydrogen-bond donors (Lipinski definition) is 4. The number of nitrogens with one attached hydrogen (secondary N) is 3. The first-order chi connectivity index (χ1) is 9.85. The van der Waals surface area contributed by atoms with E-state index in [0.717, 1.165) is 6.07 Å². The third-order valence-electron chi connectivity index (χ3n) is 2.47. The van der Waals surface area contributed by atoms with E-state index in [1.165, 1.54) is 12.1 Å². The van der Waals surface area contributed by atoms with Crippen molar-refractivity contribution in [2.24, 2.45) is 5.84 Å². The van der Waals surface area contributed by atoms with Gasteiger partial charge in [0.15, 0.2) is 0 Å². The highest BCUT2D eigenvalue weighted by Gasteiger charge is 2.16. The van der Waals surface area contributed by atoms with E-state index in [2.05, 4.69) is 16.1 Å². The van der Waals surface area contributed by atoms with Crippen molar-refractivity contribution < 1.29 is 14.5 Å². The average molecular weight is 295 g/mol. The zero-order valence-electron chi connectivity index (χ0n) is 11.7. The lowest BCUT2D eigenvalue weighted by atomic mass is 10.1. The van der Waals surface area contributed by atoms with Crippen LogP contribution in [0.2, 0.25) is 0 Å². The van der Waals surface area contributed by atoms with Crippen LogP contribution >= 0.6 is 0 Å². The molecule has 1 aromatic carbocycles. The SMILES string of the molecule is CC(C)NC(=O)CNC(=O)c1ccc([N+](=O)[O-])c(NN)c1. The molecule has 21 heavy (non-hydrogen) atoms. The summed E-state index contributed by atoms with van der Waals surface area (Å²) in [6.07, 6.45) is 0. The van der Waals surface area contributed by atoms with E-state index in [9.17, 15) is 19.7 Å². The largest absolute Gasteiger partial charge is 0.352 e. The molecule has 0 aliphatic rings. The van der Waals surface area contributed by atoms with E-state index in [-0.39, 0.29) is 35.4 Å². The molecule has 2 amide bonds. The standard InChI is InChI=1S/C12H17N5O4/c1-7(2)15-11(18)6-14-12(19)8-3-4-10(17(20)21)9(5-8)16-13/h3-5,7,16H,6,13H2,1-2H3,(H,14,19)(H,15,18). The number of carbonyl (C=O) groups is 2. The number of rotatable bonds is 6. The number of hydrogen-bond acceptors (Lipinski definition) is 6. The highest BCUT2D eigenvalue weighted by atomic mass is 16.6. The number of amides is 2. The Balaban J connectivity index is 2.75. The van der Waals surface area contributed by atoms with E-state index in [4.69, 9.17) is 5.84 Å². The first kappa shape index (κ1) is 16.4. The molecule has 1 rings (SSSR count). The predicted molar refractivity (Wildman–Crippen MR) is 76.5 cm³/mol. The van der Waals surface area contributed by atoms with Crippen LogP contribution in [0.25, 0.3) is 0 Å². The van der Waals surface area contributed by atoms with E-state index in [1.807, 2.05) is 0 Å². The van der Waals surface area contributed by atoms with Gasteiger partial charge in [0.05, 0.1) is 11.5 Å². The second kappa shape index (κ2) is 7.20. The van der Waals surface area contributed by atoms with Crippen LogP contribution in [0.15, 0.2) is 18.2 Å². The number of nitro groups is 1. The molecule has 0 fully saturated rings. The Morgan fingerprint density at radius 3 is 2.57 bits per heavy atom. The van der Waals surface area contributed by atoms with Gasteiger partial charge in [-0.1, -0.05) is 0 Å². The van der Waals surface area contributed by atoms with Crippen molar-refractivity contribution in [1.29, 1.82) is 0 Å². The summed E-state index contributed by atoms with van der Waals surface area (Å²) in [6.45, 7) is 3.42. The Morgan fingerprint density at radius 2 is 2.05 bits per heavy atom. The van der Waals surface area contributed by atoms with Crippen molar-refractivity contribution in [2.45, 2.75) is 19.9 Å². The number of nitrogens with two attached hydrogens (primary N) is 1. The quantitative estimate of drug-likeness (QED) is 0.334. The molecule has 0 aromatic heterocycles. The molecule has 9 heteroatoms. The molecular formula is C12H17N5O4. The molecule has 0 spiro atoms. The number of benzene rings is 1. The van der Waals surface area contributed by atoms with Gasteiger partial charge in [-0.2, -0.15) is 0 Å². The van der Waals surface area contributed by atoms with Crippen LogP contribution in [0.1, 0.15) is 24.2 Å². The van der Waals surface area contributed by atoms with Gasteiger partial charge in [0.25, 0.3) is 11.6 Å². The van der Waals surface area contributed by atoms with Crippen molar-refractivity contribution in [1.82, 2.24) is 10.6 Å². The number of nitrogens with zero attached hydrogens (tertiary/aromatic N) is 1. The minimum absolute atomic E-state index is 0.0132. The molecule has 114 valence electrons. The van der Waals surface area contributed by atoms with Crippen LogP contribution in [-0.4, -0.2) is 29.3 Å². The minimum atomic E-state index is -0.618. The molecule has 0 unspecified atom stereocenters. The minimum Gasteiger partial charge on any atom is -0.352 e. The van der Waals surface area contributed by atoms with Crippen molar-refractivity contribution in [3.63, 3.8) is 0 Å². The van der Waals surface area contributed by atoms with E-state index in [0.29, 0.717) is 0 Å². The molecule has 0 aliphatic heterocycles. The average Bonchev–Trinajstić information content (AvgIpc) is 2.43. The maximum atomic E-state index is 11.9. The van der Waals surface area contributed by atoms with Gasteiger partial charge in [0, 0.05) is 17.7 Å². The van der Waals surface area contributed by atoms with Crippen LogP contribution in [0.4, 0.5) is 11.4 Å². The number of nitro benzene ring substituents is 1. The molecule has 0 radical (unpaired) electrons. The third-order valence-corrected chi connectivity index (χ3v) is 2.47. The van der Waals surface area contributed by atoms with E-state index in [1.54, 1.807) is 13.8 Å². The topological polar surface area (TPSA) is 139 Å². The van der Waals surface area contributed by atoms with Crippen molar-refractivity contribution >= 4 is 23.2 Å². The normalized spacial score (nSPS) is 10.1. The Labute approximate surface area is 121 Å². The fraction of sp³-hybridized carbons (Fsp3) is 0.333. The second-order valence-electron chi connectivity index (χ2n) is 4.54. The first-order valence-electron chi connectivity index (χ1n) is 6.17. The highest BCUT2D eigenvalue weighted by Crippen LogP contribution is 2.24. The van der Waals surface area contributed by atoms with Gasteiger partial charge in [-0.25, -0.2) is 0 Å². The summed E-state index contributed by atoms with van der Waals surface area (Å²) in [7, 11) is 0. The fourth-order valence-corrected chi connectivity index (χ4v) is 1.59. The molecule has 9 nitrogen and oxygen atoms in total. The molecule has 0 aliphatic carbocycles. The first-order valence-corrected chi connectivity index (χ1v) is 6.17. The molecule has 0 bridgehead atoms. The van der Waals surface area contributed by atoms with Gasteiger partial charge in [-0.05, 0) is 26.0 Å². The number of carbonyl (C=O) groups excluding carboxylic acids is 2. The summed E-state index contributed by atoms with van der Waals surface area (Å²) in [5.41, 5.74) is 2.09. The van der Waals surface area contributed by atoms with Gasteiger partial charge >= 0.3 is 0 Å². The summed E-state index contributed by atoms with van der Waals surface area (Å²) in [6, 6.07) is 3.67. The Kier molecular flexibility index (Phi) is 5.61. The lowest BCUT2D eigenvalue weighted by Crippen LogP contribution is -2.39. The molecule has 1 aromatic rings. The van der Waals surface area contributed by atoms with Crippen LogP contribution in [0.3, 0.4) is 0 Å². The van der Waals surface area contributed by atoms with Gasteiger partial charge in [-0.3, -0.25) is 25.5 Å². The molecule has 0 saturated carbocycles. The Morgan fingerprint density at radius 1 is 1.38 bits per heavy atom. The maximum absolute atomic E-state index is 11.9. The fourth-order valence-electron chi connectivity index (χ4n) is 1.59. The lowest BCUT2D eigenvalue weighted by Gasteiger charge is -2.10. The van der Waals surface area contributed by atoms with Crippen LogP contribution < -0.4 is 21.9 Å². The Bertz CT molecular complexity index is 559. The monoisotopic (exact) mass is 295 g/mol. The van der Waals surface area contributed by atoms with Crippen LogP contribution in [0, 0.1) is 10.1 Å². The van der Waals surface area contributed by atoms with Crippen molar-refractivity contribution in [2.75, 3.05) is 12.0 Å². The van der Waals surface area contributed by atoms with Gasteiger partial charge in [0.2, 0.25) is 5.91 Å². The van der Waals surface area contributed by atoms with E-state index < -0.39 is 10.8 Å². The number of nitrogen functional groups attached to an aromatic ring is 1. The van der Waals surface area contributed by atoms with Crippen LogP contribution in [-0.2, 0) is 4.79 Å². The smallest absolute Gasteiger partial charge is 0.293 e. The van der Waals surface area contributed by atoms with Crippen molar-refractivity contribution in [3.05, 3.63) is 33.9 Å². The van der Waals surface area contributed by atoms with Gasteiger partial charge < -0.3 is 16.1 Å². The number of anilines is 1. The van der Waals surface area contributed by atoms with Gasteiger partial charge in [0.1, 0.15) is 5.69 Å². The zero-order chi connectivity index (χ0) is 16.0. The Hall–Kier alpha value is -2.68. The van der Waals surface area contributed by atoms with Crippen LogP contribution in [0.5, 0.6) is 0 Å². The zero-order valence-corrected chi connectivity index (χ0v) is 11.7. The van der Waals surface area contributed by atoms with Crippen molar-refractivity contribution in [3.8, 4) is 0 Å². The second-order valence-corrected chi connectivity index (χ2v) is 4.54. The summed E-state index contributed by atoms with van der Waals surface area (Å²) >= 11 is 0. The lowest BCUT2D eigenvalue weighted by molar-refractivity contribution is -0.384.